The quantitative estimate of drug-likeness (QED) is 0.449. The molecule has 1 fully saturated rings. The first kappa shape index (κ1) is 22.5. The Labute approximate surface area is 184 Å². The molecule has 0 saturated carbocycles. The van der Waals surface area contributed by atoms with Gasteiger partial charge < -0.3 is 9.47 Å². The number of piperidine rings is 1. The van der Waals surface area contributed by atoms with E-state index in [1.807, 2.05) is 0 Å². The van der Waals surface area contributed by atoms with Crippen molar-refractivity contribution in [1.29, 1.82) is 0 Å². The first-order valence-corrected chi connectivity index (χ1v) is 11.6. The van der Waals surface area contributed by atoms with E-state index in [9.17, 15) is 18.0 Å². The van der Waals surface area contributed by atoms with Crippen LogP contribution >= 0.6 is 15.9 Å². The molecule has 1 heterocycles. The summed E-state index contributed by atoms with van der Waals surface area (Å²) in [7, 11) is -0.990. The third-order valence-corrected chi connectivity index (χ3v) is 7.77. The number of benzene rings is 2. The number of halogens is 1. The summed E-state index contributed by atoms with van der Waals surface area (Å²) in [5.74, 6) is -0.178. The average Bonchev–Trinajstić information content (AvgIpc) is 2.78. The van der Waals surface area contributed by atoms with Crippen molar-refractivity contribution in [2.24, 2.45) is 5.92 Å². The Morgan fingerprint density at radius 3 is 2.23 bits per heavy atom. The maximum absolute atomic E-state index is 13.0. The molecule has 0 spiro atoms. The number of ether oxygens (including phenoxy) is 2. The molecule has 0 radical (unpaired) electrons. The molecule has 0 N–H and O–H groups in total. The molecule has 0 atom stereocenters. The zero-order valence-electron chi connectivity index (χ0n) is 16.6. The number of hydrogen-bond acceptors (Lipinski definition) is 6. The molecule has 30 heavy (non-hydrogen) atoms. The molecule has 0 aromatic heterocycles. The average molecular weight is 496 g/mol. The van der Waals surface area contributed by atoms with Gasteiger partial charge in [-0.1, -0.05) is 0 Å². The molecule has 160 valence electrons. The molecule has 3 rings (SSSR count). The Morgan fingerprint density at radius 2 is 1.67 bits per heavy atom. The Bertz CT molecular complexity index is 1040. The molecular weight excluding hydrogens is 474 g/mol. The third kappa shape index (κ3) is 4.58. The van der Waals surface area contributed by atoms with Gasteiger partial charge in [-0.25, -0.2) is 13.2 Å². The van der Waals surface area contributed by atoms with Crippen molar-refractivity contribution >= 4 is 37.7 Å². The highest BCUT2D eigenvalue weighted by Crippen LogP contribution is 2.29. The minimum atomic E-state index is -3.79. The highest BCUT2D eigenvalue weighted by molar-refractivity contribution is 9.10. The predicted octanol–water partition coefficient (Wildman–Crippen LogP) is 3.53. The number of hydrogen-bond donors (Lipinski definition) is 0. The van der Waals surface area contributed by atoms with Gasteiger partial charge in [0.15, 0.2) is 5.78 Å². The summed E-state index contributed by atoms with van der Waals surface area (Å²) in [5, 5.41) is 0. The van der Waals surface area contributed by atoms with Crippen LogP contribution in [0.25, 0.3) is 0 Å². The van der Waals surface area contributed by atoms with Crippen molar-refractivity contribution < 1.29 is 27.5 Å². The molecule has 2 aromatic rings. The van der Waals surface area contributed by atoms with E-state index >= 15 is 0 Å². The van der Waals surface area contributed by atoms with Crippen LogP contribution in [0.5, 0.6) is 5.75 Å². The standard InChI is InChI=1S/C21H22BrNO6S/c1-28-16-5-3-14(4-6-16)20(24)15-9-11-23(12-10-15)30(26,27)17-7-8-19(22)18(13-17)21(25)29-2/h3-8,13,15H,9-12H2,1-2H3. The monoisotopic (exact) mass is 495 g/mol. The molecule has 9 heteroatoms. The van der Waals surface area contributed by atoms with Crippen molar-refractivity contribution in [3.8, 4) is 5.75 Å². The van der Waals surface area contributed by atoms with Crippen LogP contribution in [0.4, 0.5) is 0 Å². The van der Waals surface area contributed by atoms with E-state index in [0.29, 0.717) is 28.6 Å². The smallest absolute Gasteiger partial charge is 0.339 e. The van der Waals surface area contributed by atoms with Crippen LogP contribution in [0.2, 0.25) is 0 Å². The summed E-state index contributed by atoms with van der Waals surface area (Å²) in [6.45, 7) is 0.469. The van der Waals surface area contributed by atoms with Gasteiger partial charge in [0.2, 0.25) is 10.0 Å². The van der Waals surface area contributed by atoms with Crippen molar-refractivity contribution in [2.75, 3.05) is 27.3 Å². The Hall–Kier alpha value is -2.23. The normalized spacial score (nSPS) is 15.6. The first-order valence-electron chi connectivity index (χ1n) is 9.34. The largest absolute Gasteiger partial charge is 0.497 e. The second-order valence-electron chi connectivity index (χ2n) is 6.90. The van der Waals surface area contributed by atoms with Crippen molar-refractivity contribution in [1.82, 2.24) is 4.31 Å². The summed E-state index contributed by atoms with van der Waals surface area (Å²) >= 11 is 3.23. The van der Waals surface area contributed by atoms with Crippen LogP contribution in [0.1, 0.15) is 33.6 Å². The fourth-order valence-corrected chi connectivity index (χ4v) is 5.33. The zero-order valence-corrected chi connectivity index (χ0v) is 19.0. The molecule has 7 nitrogen and oxygen atoms in total. The SMILES string of the molecule is COC(=O)c1cc(S(=O)(=O)N2CCC(C(=O)c3ccc(OC)cc3)CC2)ccc1Br. The zero-order chi connectivity index (χ0) is 21.9. The third-order valence-electron chi connectivity index (χ3n) is 5.18. The summed E-state index contributed by atoms with van der Waals surface area (Å²) in [4.78, 5) is 24.6. The van der Waals surface area contributed by atoms with Crippen LogP contribution in [0.15, 0.2) is 51.8 Å². The number of nitrogens with zero attached hydrogens (tertiary/aromatic N) is 1. The van der Waals surface area contributed by atoms with Crippen molar-refractivity contribution in [2.45, 2.75) is 17.7 Å². The Morgan fingerprint density at radius 1 is 1.03 bits per heavy atom. The van der Waals surface area contributed by atoms with Crippen LogP contribution in [-0.2, 0) is 14.8 Å². The van der Waals surface area contributed by atoms with E-state index in [4.69, 9.17) is 9.47 Å². The number of methoxy groups -OCH3 is 2. The first-order chi connectivity index (χ1) is 14.3. The highest BCUT2D eigenvalue weighted by atomic mass is 79.9. The number of ketones is 1. The van der Waals surface area contributed by atoms with Gasteiger partial charge in [0.1, 0.15) is 5.75 Å². The molecular formula is C21H22BrNO6S. The summed E-state index contributed by atoms with van der Waals surface area (Å²) in [5.41, 5.74) is 0.732. The molecule has 0 aliphatic carbocycles. The van der Waals surface area contributed by atoms with Crippen molar-refractivity contribution in [3.63, 3.8) is 0 Å². The van der Waals surface area contributed by atoms with Crippen LogP contribution in [-0.4, -0.2) is 51.8 Å². The number of sulfonamides is 1. The van der Waals surface area contributed by atoms with Gasteiger partial charge in [-0.2, -0.15) is 4.31 Å². The minimum absolute atomic E-state index is 0.00585. The second kappa shape index (κ2) is 9.28. The predicted molar refractivity (Wildman–Crippen MR) is 114 cm³/mol. The molecule has 0 unspecified atom stereocenters. The number of carbonyl (C=O) groups excluding carboxylic acids is 2. The number of Topliss-reactive ketones (excluding diaryl/α,β-unsaturated/α-hetero) is 1. The second-order valence-corrected chi connectivity index (χ2v) is 9.70. The van der Waals surface area contributed by atoms with Gasteiger partial charge in [-0.05, 0) is 71.2 Å². The van der Waals surface area contributed by atoms with Gasteiger partial charge in [0.25, 0.3) is 0 Å². The van der Waals surface area contributed by atoms with Gasteiger partial charge in [-0.3, -0.25) is 4.79 Å². The summed E-state index contributed by atoms with van der Waals surface area (Å²) < 4.78 is 37.7. The van der Waals surface area contributed by atoms with Crippen LogP contribution < -0.4 is 4.74 Å². The van der Waals surface area contributed by atoms with Gasteiger partial charge in [0.05, 0.1) is 24.7 Å². The summed E-state index contributed by atoms with van der Waals surface area (Å²) in [6.07, 6.45) is 0.870. The van der Waals surface area contributed by atoms with E-state index < -0.39 is 16.0 Å². The lowest BCUT2D eigenvalue weighted by atomic mass is 9.89. The van der Waals surface area contributed by atoms with Crippen LogP contribution in [0.3, 0.4) is 0 Å². The lowest BCUT2D eigenvalue weighted by Gasteiger charge is -2.30. The minimum Gasteiger partial charge on any atom is -0.497 e. The van der Waals surface area contributed by atoms with E-state index in [0.717, 1.165) is 0 Å². The maximum Gasteiger partial charge on any atom is 0.339 e. The van der Waals surface area contributed by atoms with Gasteiger partial charge in [-0.15, -0.1) is 0 Å². The van der Waals surface area contributed by atoms with Gasteiger partial charge >= 0.3 is 5.97 Å². The van der Waals surface area contributed by atoms with E-state index in [2.05, 4.69) is 15.9 Å². The fourth-order valence-electron chi connectivity index (χ4n) is 3.43. The lowest BCUT2D eigenvalue weighted by Crippen LogP contribution is -2.40. The van der Waals surface area contributed by atoms with E-state index in [-0.39, 0.29) is 35.2 Å². The van der Waals surface area contributed by atoms with E-state index in [1.54, 1.807) is 31.4 Å². The molecule has 1 aliphatic rings. The number of esters is 1. The lowest BCUT2D eigenvalue weighted by molar-refractivity contribution is 0.0599. The molecule has 0 bridgehead atoms. The maximum atomic E-state index is 13.0. The summed E-state index contributed by atoms with van der Waals surface area (Å²) in [6, 6.07) is 11.2. The van der Waals surface area contributed by atoms with E-state index in [1.165, 1.54) is 29.6 Å². The topological polar surface area (TPSA) is 90.0 Å². The van der Waals surface area contributed by atoms with Gasteiger partial charge in [0, 0.05) is 29.0 Å². The van der Waals surface area contributed by atoms with Crippen molar-refractivity contribution in [3.05, 3.63) is 58.1 Å². The fraction of sp³-hybridized carbons (Fsp3) is 0.333. The number of rotatable bonds is 6. The molecule has 1 aliphatic heterocycles. The molecule has 0 amide bonds. The Balaban J connectivity index is 1.72. The van der Waals surface area contributed by atoms with Crippen LogP contribution in [0, 0.1) is 5.92 Å². The number of carbonyl (C=O) groups is 2. The molecule has 2 aromatic carbocycles. The molecule has 1 saturated heterocycles. The Kier molecular flexibility index (Phi) is 6.95. The highest BCUT2D eigenvalue weighted by Gasteiger charge is 2.33.